The van der Waals surface area contributed by atoms with Crippen molar-refractivity contribution < 1.29 is 13.2 Å². The lowest BCUT2D eigenvalue weighted by Crippen LogP contribution is -2.34. The Labute approximate surface area is 115 Å². The van der Waals surface area contributed by atoms with E-state index >= 15 is 0 Å². The Morgan fingerprint density at radius 1 is 1.50 bits per heavy atom. The number of nitrogens with zero attached hydrogens (tertiary/aromatic N) is 2. The fraction of sp³-hybridized carbons (Fsp3) is 0.500. The van der Waals surface area contributed by atoms with E-state index in [1.165, 1.54) is 14.1 Å². The molecule has 0 spiro atoms. The van der Waals surface area contributed by atoms with Crippen LogP contribution in [0.25, 0.3) is 0 Å². The molecule has 0 fully saturated rings. The summed E-state index contributed by atoms with van der Waals surface area (Å²) in [5.74, 6) is -0.408. The van der Waals surface area contributed by atoms with E-state index in [1.54, 1.807) is 23.9 Å². The number of aromatic nitrogens is 1. The van der Waals surface area contributed by atoms with E-state index in [9.17, 15) is 13.2 Å². The molecular formula is C10H16BrN3O3S. The first kappa shape index (κ1) is 15.2. The van der Waals surface area contributed by atoms with Crippen LogP contribution in [-0.2, 0) is 17.1 Å². The topological polar surface area (TPSA) is 71.4 Å². The first-order valence-electron chi connectivity index (χ1n) is 5.24. The number of hydrogen-bond acceptors (Lipinski definition) is 3. The average Bonchev–Trinajstić information content (AvgIpc) is 2.57. The molecule has 1 aromatic heterocycles. The van der Waals surface area contributed by atoms with Gasteiger partial charge in [0.1, 0.15) is 5.69 Å². The number of sulfonamides is 1. The van der Waals surface area contributed by atoms with Crippen LogP contribution >= 0.6 is 15.9 Å². The van der Waals surface area contributed by atoms with E-state index in [2.05, 4.69) is 21.2 Å². The summed E-state index contributed by atoms with van der Waals surface area (Å²) in [5, 5.41) is 2.58. The van der Waals surface area contributed by atoms with Crippen molar-refractivity contribution >= 4 is 31.9 Å². The van der Waals surface area contributed by atoms with Crippen LogP contribution in [0.15, 0.2) is 16.7 Å². The second kappa shape index (κ2) is 5.85. The zero-order valence-corrected chi connectivity index (χ0v) is 12.9. The number of amides is 1. The Morgan fingerprint density at radius 2 is 2.11 bits per heavy atom. The summed E-state index contributed by atoms with van der Waals surface area (Å²) >= 11 is 3.27. The first-order chi connectivity index (χ1) is 8.24. The zero-order chi connectivity index (χ0) is 13.9. The van der Waals surface area contributed by atoms with Crippen molar-refractivity contribution in [3.8, 4) is 0 Å². The monoisotopic (exact) mass is 337 g/mol. The molecule has 1 heterocycles. The Morgan fingerprint density at radius 3 is 2.56 bits per heavy atom. The molecule has 0 aliphatic carbocycles. The highest BCUT2D eigenvalue weighted by Gasteiger charge is 2.15. The van der Waals surface area contributed by atoms with Gasteiger partial charge in [-0.15, -0.1) is 0 Å². The fourth-order valence-electron chi connectivity index (χ4n) is 1.32. The van der Waals surface area contributed by atoms with E-state index in [4.69, 9.17) is 0 Å². The summed E-state index contributed by atoms with van der Waals surface area (Å²) in [6.07, 6.45) is 1.76. The third kappa shape index (κ3) is 3.82. The van der Waals surface area contributed by atoms with Crippen LogP contribution in [0.5, 0.6) is 0 Å². The minimum absolute atomic E-state index is 0.0855. The number of nitrogens with one attached hydrogen (secondary N) is 1. The third-order valence-electron chi connectivity index (χ3n) is 2.41. The zero-order valence-electron chi connectivity index (χ0n) is 10.5. The van der Waals surface area contributed by atoms with Crippen molar-refractivity contribution in [3.05, 3.63) is 22.4 Å². The number of hydrogen-bond donors (Lipinski definition) is 1. The summed E-state index contributed by atoms with van der Waals surface area (Å²) in [6.45, 7) is 0.0855. The molecule has 1 N–H and O–H groups in total. The quantitative estimate of drug-likeness (QED) is 0.845. The molecule has 6 nitrogen and oxygen atoms in total. The predicted octanol–water partition coefficient (Wildman–Crippen LogP) is 0.409. The van der Waals surface area contributed by atoms with Gasteiger partial charge < -0.3 is 9.88 Å². The summed E-state index contributed by atoms with van der Waals surface area (Å²) in [6, 6.07) is 1.68. The van der Waals surface area contributed by atoms with Gasteiger partial charge >= 0.3 is 0 Å². The normalized spacial score (nSPS) is 11.8. The molecule has 0 atom stereocenters. The molecular weight excluding hydrogens is 322 g/mol. The summed E-state index contributed by atoms with van der Waals surface area (Å²) in [5.41, 5.74) is 0.476. The van der Waals surface area contributed by atoms with E-state index in [0.29, 0.717) is 5.69 Å². The Kier molecular flexibility index (Phi) is 4.94. The van der Waals surface area contributed by atoms with Crippen LogP contribution in [0.2, 0.25) is 0 Å². The van der Waals surface area contributed by atoms with E-state index in [0.717, 1.165) is 8.78 Å². The molecule has 18 heavy (non-hydrogen) atoms. The van der Waals surface area contributed by atoms with Gasteiger partial charge in [0.15, 0.2) is 0 Å². The van der Waals surface area contributed by atoms with Crippen LogP contribution in [0.3, 0.4) is 0 Å². The predicted molar refractivity (Wildman–Crippen MR) is 72.9 cm³/mol. The van der Waals surface area contributed by atoms with Gasteiger partial charge in [0.25, 0.3) is 5.91 Å². The SMILES string of the molecule is CN(C)S(=O)(=O)CCNC(=O)c1cc(Br)cn1C. The lowest BCUT2D eigenvalue weighted by molar-refractivity contribution is 0.0948. The van der Waals surface area contributed by atoms with Gasteiger partial charge in [-0.2, -0.15) is 0 Å². The molecule has 0 saturated heterocycles. The largest absolute Gasteiger partial charge is 0.350 e. The molecule has 0 saturated carbocycles. The van der Waals surface area contributed by atoms with Gasteiger partial charge in [-0.3, -0.25) is 4.79 Å². The molecule has 0 aliphatic heterocycles. The van der Waals surface area contributed by atoms with E-state index < -0.39 is 10.0 Å². The Balaban J connectivity index is 2.56. The van der Waals surface area contributed by atoms with Crippen molar-refractivity contribution in [1.82, 2.24) is 14.2 Å². The highest BCUT2D eigenvalue weighted by atomic mass is 79.9. The van der Waals surface area contributed by atoms with Crippen molar-refractivity contribution in [2.75, 3.05) is 26.4 Å². The van der Waals surface area contributed by atoms with Gasteiger partial charge in [0.05, 0.1) is 5.75 Å². The van der Waals surface area contributed by atoms with Crippen LogP contribution in [0, 0.1) is 0 Å². The lowest BCUT2D eigenvalue weighted by Gasteiger charge is -2.11. The molecule has 8 heteroatoms. The van der Waals surface area contributed by atoms with Gasteiger partial charge in [-0.25, -0.2) is 12.7 Å². The number of aryl methyl sites for hydroxylation is 1. The van der Waals surface area contributed by atoms with Crippen molar-refractivity contribution in [3.63, 3.8) is 0 Å². The van der Waals surface area contributed by atoms with Crippen LogP contribution in [0.4, 0.5) is 0 Å². The number of carbonyl (C=O) groups excluding carboxylic acids is 1. The number of rotatable bonds is 5. The van der Waals surface area contributed by atoms with Crippen LogP contribution in [-0.4, -0.2) is 49.6 Å². The minimum atomic E-state index is -3.28. The smallest absolute Gasteiger partial charge is 0.267 e. The van der Waals surface area contributed by atoms with E-state index in [1.807, 2.05) is 0 Å². The third-order valence-corrected chi connectivity index (χ3v) is 4.67. The summed E-state index contributed by atoms with van der Waals surface area (Å²) < 4.78 is 26.6. The highest BCUT2D eigenvalue weighted by Crippen LogP contribution is 2.13. The molecule has 0 aliphatic rings. The fourth-order valence-corrected chi connectivity index (χ4v) is 2.57. The number of halogens is 1. The first-order valence-corrected chi connectivity index (χ1v) is 7.64. The molecule has 0 bridgehead atoms. The minimum Gasteiger partial charge on any atom is -0.350 e. The highest BCUT2D eigenvalue weighted by molar-refractivity contribution is 9.10. The van der Waals surface area contributed by atoms with Crippen molar-refractivity contribution in [2.45, 2.75) is 0 Å². The van der Waals surface area contributed by atoms with Crippen LogP contribution in [0.1, 0.15) is 10.5 Å². The molecule has 0 unspecified atom stereocenters. The van der Waals surface area contributed by atoms with Gasteiger partial charge in [-0.1, -0.05) is 0 Å². The van der Waals surface area contributed by atoms with Gasteiger partial charge in [-0.05, 0) is 22.0 Å². The Hall–Kier alpha value is -0.860. The second-order valence-electron chi connectivity index (χ2n) is 4.01. The van der Waals surface area contributed by atoms with Crippen LogP contribution < -0.4 is 5.32 Å². The van der Waals surface area contributed by atoms with Crippen molar-refractivity contribution in [2.24, 2.45) is 7.05 Å². The molecule has 1 rings (SSSR count). The second-order valence-corrected chi connectivity index (χ2v) is 7.23. The molecule has 0 aromatic carbocycles. The van der Waals surface area contributed by atoms with E-state index in [-0.39, 0.29) is 18.2 Å². The Bertz CT molecular complexity index is 537. The van der Waals surface area contributed by atoms with Gasteiger partial charge in [0.2, 0.25) is 10.0 Å². The number of carbonyl (C=O) groups is 1. The van der Waals surface area contributed by atoms with Crippen molar-refractivity contribution in [1.29, 1.82) is 0 Å². The standard InChI is InChI=1S/C10H16BrN3O3S/c1-13(2)18(16,17)5-4-12-10(15)9-6-8(11)7-14(9)3/h6-7H,4-5H2,1-3H3,(H,12,15). The lowest BCUT2D eigenvalue weighted by atomic mass is 10.4. The average molecular weight is 338 g/mol. The maximum atomic E-state index is 11.8. The molecule has 102 valence electrons. The maximum absolute atomic E-state index is 11.8. The summed E-state index contributed by atoms with van der Waals surface area (Å²) in [7, 11) is 1.40. The molecule has 1 amide bonds. The van der Waals surface area contributed by atoms with Gasteiger partial charge in [0, 0.05) is 38.4 Å². The summed E-state index contributed by atoms with van der Waals surface area (Å²) in [4.78, 5) is 11.8. The maximum Gasteiger partial charge on any atom is 0.267 e. The molecule has 1 aromatic rings. The molecule has 0 radical (unpaired) electrons.